The molecule has 1 aliphatic rings. The minimum Gasteiger partial charge on any atom is -0.267 e. The fraction of sp³-hybridized carbons (Fsp3) is 0.176. The lowest BCUT2D eigenvalue weighted by molar-refractivity contribution is 0.0846. The zero-order valence-corrected chi connectivity index (χ0v) is 17.2. The molecule has 3 rings (SSSR count). The second-order valence-corrected chi connectivity index (χ2v) is 8.95. The number of rotatable bonds is 5. The lowest BCUT2D eigenvalue weighted by Gasteiger charge is -2.12. The van der Waals surface area contributed by atoms with Gasteiger partial charge in [-0.05, 0) is 37.1 Å². The number of hydrazine groups is 1. The highest BCUT2D eigenvalue weighted by molar-refractivity contribution is 7.89. The summed E-state index contributed by atoms with van der Waals surface area (Å²) >= 11 is 18.0. The SMILES string of the molecule is O=C(NNC(=O)c1cc(S(=O)(=O)NC2CC2)c(Cl)cc1Cl)c1ccccc1Cl. The van der Waals surface area contributed by atoms with E-state index in [0.717, 1.165) is 25.0 Å². The van der Waals surface area contributed by atoms with Gasteiger partial charge in [-0.1, -0.05) is 46.9 Å². The Bertz CT molecular complexity index is 1060. The second kappa shape index (κ2) is 8.26. The molecule has 0 saturated heterocycles. The van der Waals surface area contributed by atoms with Gasteiger partial charge in [0.25, 0.3) is 11.8 Å². The number of carbonyl (C=O) groups is 2. The molecule has 2 aromatic carbocycles. The Kier molecular flexibility index (Phi) is 6.16. The van der Waals surface area contributed by atoms with Gasteiger partial charge in [-0.25, -0.2) is 13.1 Å². The molecule has 0 heterocycles. The van der Waals surface area contributed by atoms with Crippen molar-refractivity contribution in [3.8, 4) is 0 Å². The first kappa shape index (κ1) is 20.9. The molecule has 28 heavy (non-hydrogen) atoms. The van der Waals surface area contributed by atoms with E-state index in [4.69, 9.17) is 34.8 Å². The van der Waals surface area contributed by atoms with Crippen molar-refractivity contribution in [3.05, 3.63) is 62.6 Å². The molecule has 0 radical (unpaired) electrons. The number of amides is 2. The van der Waals surface area contributed by atoms with E-state index in [-0.39, 0.29) is 37.1 Å². The van der Waals surface area contributed by atoms with Crippen LogP contribution in [0.5, 0.6) is 0 Å². The summed E-state index contributed by atoms with van der Waals surface area (Å²) in [5, 5.41) is 0.0213. The van der Waals surface area contributed by atoms with E-state index in [0.29, 0.717) is 0 Å². The van der Waals surface area contributed by atoms with Crippen LogP contribution in [0.2, 0.25) is 15.1 Å². The third-order valence-electron chi connectivity index (χ3n) is 3.86. The van der Waals surface area contributed by atoms with Crippen LogP contribution in [0.4, 0.5) is 0 Å². The Balaban J connectivity index is 1.79. The van der Waals surface area contributed by atoms with Crippen molar-refractivity contribution >= 4 is 56.6 Å². The molecular weight excluding hydrogens is 449 g/mol. The average molecular weight is 463 g/mol. The summed E-state index contributed by atoms with van der Waals surface area (Å²) in [7, 11) is -3.91. The van der Waals surface area contributed by atoms with Crippen molar-refractivity contribution in [1.29, 1.82) is 0 Å². The number of carbonyl (C=O) groups excluding carboxylic acids is 2. The summed E-state index contributed by atoms with van der Waals surface area (Å²) in [5.74, 6) is -1.46. The van der Waals surface area contributed by atoms with E-state index in [2.05, 4.69) is 15.6 Å². The maximum absolute atomic E-state index is 12.4. The summed E-state index contributed by atoms with van der Waals surface area (Å²) in [6.07, 6.45) is 1.48. The Morgan fingerprint density at radius 1 is 0.857 bits per heavy atom. The van der Waals surface area contributed by atoms with Crippen molar-refractivity contribution in [1.82, 2.24) is 15.6 Å². The van der Waals surface area contributed by atoms with Crippen molar-refractivity contribution < 1.29 is 18.0 Å². The van der Waals surface area contributed by atoms with Crippen molar-refractivity contribution in [3.63, 3.8) is 0 Å². The standard InChI is InChI=1S/C17H14Cl3N3O4S/c18-12-4-2-1-3-10(12)16(24)21-22-17(25)11-7-15(14(20)8-13(11)19)28(26,27)23-9-5-6-9/h1-4,7-9,23H,5-6H2,(H,21,24)(H,22,25). The molecular formula is C17H14Cl3N3O4S. The quantitative estimate of drug-likeness (QED) is 0.594. The molecule has 0 atom stereocenters. The van der Waals surface area contributed by atoms with E-state index < -0.39 is 21.8 Å². The highest BCUT2D eigenvalue weighted by Gasteiger charge is 2.30. The lowest BCUT2D eigenvalue weighted by atomic mass is 10.2. The van der Waals surface area contributed by atoms with Gasteiger partial charge in [-0.15, -0.1) is 0 Å². The van der Waals surface area contributed by atoms with E-state index in [1.54, 1.807) is 12.1 Å². The van der Waals surface area contributed by atoms with Gasteiger partial charge in [0.05, 0.1) is 26.2 Å². The molecule has 2 aromatic rings. The molecule has 1 saturated carbocycles. The van der Waals surface area contributed by atoms with Crippen LogP contribution in [0.1, 0.15) is 33.6 Å². The molecule has 2 amide bonds. The highest BCUT2D eigenvalue weighted by atomic mass is 35.5. The molecule has 3 N–H and O–H groups in total. The van der Waals surface area contributed by atoms with Crippen LogP contribution in [0.15, 0.2) is 41.3 Å². The first-order chi connectivity index (χ1) is 13.2. The minimum absolute atomic E-state index is 0.0696. The first-order valence-electron chi connectivity index (χ1n) is 8.05. The zero-order chi connectivity index (χ0) is 20.5. The second-order valence-electron chi connectivity index (χ2n) is 6.05. The number of nitrogens with one attached hydrogen (secondary N) is 3. The Morgan fingerprint density at radius 3 is 2.07 bits per heavy atom. The van der Waals surface area contributed by atoms with Crippen LogP contribution in [0.25, 0.3) is 0 Å². The minimum atomic E-state index is -3.91. The number of hydrogen-bond donors (Lipinski definition) is 3. The van der Waals surface area contributed by atoms with Gasteiger partial charge in [-0.3, -0.25) is 20.4 Å². The van der Waals surface area contributed by atoms with Crippen LogP contribution in [-0.4, -0.2) is 26.3 Å². The Labute approximate surface area is 176 Å². The van der Waals surface area contributed by atoms with Gasteiger partial charge in [0, 0.05) is 6.04 Å². The fourth-order valence-corrected chi connectivity index (χ4v) is 4.67. The van der Waals surface area contributed by atoms with Crippen LogP contribution in [-0.2, 0) is 10.0 Å². The Morgan fingerprint density at radius 2 is 1.46 bits per heavy atom. The van der Waals surface area contributed by atoms with Crippen LogP contribution >= 0.6 is 34.8 Å². The molecule has 0 spiro atoms. The number of benzene rings is 2. The van der Waals surface area contributed by atoms with Crippen LogP contribution < -0.4 is 15.6 Å². The predicted octanol–water partition coefficient (Wildman–Crippen LogP) is 3.16. The number of hydrogen-bond acceptors (Lipinski definition) is 4. The fourth-order valence-electron chi connectivity index (χ4n) is 2.29. The monoisotopic (exact) mass is 461 g/mol. The van der Waals surface area contributed by atoms with E-state index in [1.165, 1.54) is 12.1 Å². The van der Waals surface area contributed by atoms with Crippen LogP contribution in [0, 0.1) is 0 Å². The third-order valence-corrected chi connectivity index (χ3v) is 6.49. The first-order valence-corrected chi connectivity index (χ1v) is 10.7. The largest absolute Gasteiger partial charge is 0.271 e. The van der Waals surface area contributed by atoms with E-state index >= 15 is 0 Å². The van der Waals surface area contributed by atoms with Gasteiger partial charge in [0.2, 0.25) is 10.0 Å². The molecule has 0 aliphatic heterocycles. The predicted molar refractivity (Wildman–Crippen MR) is 106 cm³/mol. The zero-order valence-electron chi connectivity index (χ0n) is 14.1. The number of halogens is 3. The van der Waals surface area contributed by atoms with Gasteiger partial charge in [0.15, 0.2) is 0 Å². The summed E-state index contributed by atoms with van der Waals surface area (Å²) in [6.45, 7) is 0. The van der Waals surface area contributed by atoms with E-state index in [9.17, 15) is 18.0 Å². The summed E-state index contributed by atoms with van der Waals surface area (Å²) in [4.78, 5) is 24.3. The number of sulfonamides is 1. The average Bonchev–Trinajstić information content (AvgIpc) is 3.42. The molecule has 0 unspecified atom stereocenters. The van der Waals surface area contributed by atoms with Gasteiger partial charge < -0.3 is 0 Å². The van der Waals surface area contributed by atoms with Gasteiger partial charge >= 0.3 is 0 Å². The normalized spacial score (nSPS) is 13.8. The molecule has 1 fully saturated rings. The summed E-state index contributed by atoms with van der Waals surface area (Å²) in [6, 6.07) is 8.36. The molecule has 0 aromatic heterocycles. The maximum Gasteiger partial charge on any atom is 0.271 e. The lowest BCUT2D eigenvalue weighted by Crippen LogP contribution is -2.42. The molecule has 0 bridgehead atoms. The van der Waals surface area contributed by atoms with Gasteiger partial charge in [0.1, 0.15) is 4.90 Å². The highest BCUT2D eigenvalue weighted by Crippen LogP contribution is 2.30. The molecule has 7 nitrogen and oxygen atoms in total. The van der Waals surface area contributed by atoms with Gasteiger partial charge in [-0.2, -0.15) is 0 Å². The Hall–Kier alpha value is -1.84. The van der Waals surface area contributed by atoms with Crippen molar-refractivity contribution in [2.75, 3.05) is 0 Å². The topological polar surface area (TPSA) is 104 Å². The van der Waals surface area contributed by atoms with E-state index in [1.807, 2.05) is 0 Å². The molecule has 148 valence electrons. The summed E-state index contributed by atoms with van der Waals surface area (Å²) < 4.78 is 27.3. The van der Waals surface area contributed by atoms with Crippen LogP contribution in [0.3, 0.4) is 0 Å². The molecule has 1 aliphatic carbocycles. The smallest absolute Gasteiger partial charge is 0.267 e. The van der Waals surface area contributed by atoms with Crippen molar-refractivity contribution in [2.24, 2.45) is 0 Å². The maximum atomic E-state index is 12.4. The van der Waals surface area contributed by atoms with Crippen molar-refractivity contribution in [2.45, 2.75) is 23.8 Å². The third kappa shape index (κ3) is 4.76. The molecule has 11 heteroatoms. The summed E-state index contributed by atoms with van der Waals surface area (Å²) in [5.41, 5.74) is 4.37.